The van der Waals surface area contributed by atoms with Gasteiger partial charge in [-0.15, -0.1) is 0 Å². The smallest absolute Gasteiger partial charge is 0.129 e. The topological polar surface area (TPSA) is 42.4 Å². The van der Waals surface area contributed by atoms with Crippen molar-refractivity contribution in [1.82, 2.24) is 4.98 Å². The number of pyridine rings is 1. The SMILES string of the molecule is COc1ccc(Cl)c([C@H](C)[C@H](O)c2ccnc(Cl)c2)c1. The molecule has 106 valence electrons. The molecule has 0 saturated heterocycles. The highest BCUT2D eigenvalue weighted by Crippen LogP contribution is 2.36. The largest absolute Gasteiger partial charge is 0.497 e. The Balaban J connectivity index is 2.33. The Labute approximate surface area is 128 Å². The number of nitrogens with zero attached hydrogens (tertiary/aromatic N) is 1. The molecule has 1 heterocycles. The molecule has 1 aromatic carbocycles. The summed E-state index contributed by atoms with van der Waals surface area (Å²) in [6, 6.07) is 8.77. The molecule has 0 bridgehead atoms. The molecule has 0 fully saturated rings. The summed E-state index contributed by atoms with van der Waals surface area (Å²) in [4.78, 5) is 3.91. The van der Waals surface area contributed by atoms with Gasteiger partial charge in [-0.05, 0) is 41.5 Å². The van der Waals surface area contributed by atoms with Crippen molar-refractivity contribution in [2.45, 2.75) is 18.9 Å². The summed E-state index contributed by atoms with van der Waals surface area (Å²) in [5.41, 5.74) is 1.53. The van der Waals surface area contributed by atoms with Crippen LogP contribution in [0.4, 0.5) is 0 Å². The summed E-state index contributed by atoms with van der Waals surface area (Å²) in [5.74, 6) is 0.507. The van der Waals surface area contributed by atoms with Crippen LogP contribution in [0.2, 0.25) is 10.2 Å². The lowest BCUT2D eigenvalue weighted by atomic mass is 9.91. The number of halogens is 2. The maximum absolute atomic E-state index is 10.5. The Kier molecular flexibility index (Phi) is 4.86. The molecule has 0 spiro atoms. The number of benzene rings is 1. The van der Waals surface area contributed by atoms with Crippen molar-refractivity contribution in [1.29, 1.82) is 0 Å². The fraction of sp³-hybridized carbons (Fsp3) is 0.267. The number of hydrogen-bond donors (Lipinski definition) is 1. The van der Waals surface area contributed by atoms with E-state index in [2.05, 4.69) is 4.98 Å². The quantitative estimate of drug-likeness (QED) is 0.859. The molecule has 1 N–H and O–H groups in total. The Morgan fingerprint density at radius 1 is 1.20 bits per heavy atom. The Bertz CT molecular complexity index is 604. The summed E-state index contributed by atoms with van der Waals surface area (Å²) in [6.45, 7) is 1.90. The molecule has 20 heavy (non-hydrogen) atoms. The van der Waals surface area contributed by atoms with Gasteiger partial charge in [-0.25, -0.2) is 4.98 Å². The van der Waals surface area contributed by atoms with Crippen LogP contribution < -0.4 is 4.74 Å². The second kappa shape index (κ2) is 6.44. The van der Waals surface area contributed by atoms with E-state index in [9.17, 15) is 5.11 Å². The van der Waals surface area contributed by atoms with Crippen molar-refractivity contribution in [3.05, 3.63) is 57.8 Å². The third-order valence-corrected chi connectivity index (χ3v) is 3.81. The van der Waals surface area contributed by atoms with Gasteiger partial charge in [0.25, 0.3) is 0 Å². The molecule has 0 unspecified atom stereocenters. The molecule has 0 aliphatic rings. The predicted molar refractivity (Wildman–Crippen MR) is 80.6 cm³/mol. The van der Waals surface area contributed by atoms with Gasteiger partial charge in [-0.2, -0.15) is 0 Å². The third kappa shape index (κ3) is 3.23. The van der Waals surface area contributed by atoms with Crippen molar-refractivity contribution in [3.8, 4) is 5.75 Å². The van der Waals surface area contributed by atoms with Gasteiger partial charge in [0.05, 0.1) is 13.2 Å². The van der Waals surface area contributed by atoms with E-state index in [0.29, 0.717) is 21.5 Å². The molecular formula is C15H15Cl2NO2. The molecular weight excluding hydrogens is 297 g/mol. The van der Waals surface area contributed by atoms with Crippen molar-refractivity contribution >= 4 is 23.2 Å². The van der Waals surface area contributed by atoms with Crippen molar-refractivity contribution in [3.63, 3.8) is 0 Å². The van der Waals surface area contributed by atoms with Crippen LogP contribution in [0.25, 0.3) is 0 Å². The van der Waals surface area contributed by atoms with Gasteiger partial charge in [0.1, 0.15) is 10.9 Å². The lowest BCUT2D eigenvalue weighted by molar-refractivity contribution is 0.151. The standard InChI is InChI=1S/C15H15Cl2NO2/c1-9(12-8-11(20-2)3-4-13(12)16)15(19)10-5-6-18-14(17)7-10/h3-9,15,19H,1-2H3/t9-,15-/m0/s1. The van der Waals surface area contributed by atoms with E-state index in [-0.39, 0.29) is 5.92 Å². The number of aromatic nitrogens is 1. The van der Waals surface area contributed by atoms with E-state index < -0.39 is 6.10 Å². The van der Waals surface area contributed by atoms with Crippen LogP contribution in [-0.2, 0) is 0 Å². The van der Waals surface area contributed by atoms with Gasteiger partial charge in [-0.3, -0.25) is 0 Å². The van der Waals surface area contributed by atoms with Crippen LogP contribution in [0.15, 0.2) is 36.5 Å². The van der Waals surface area contributed by atoms with E-state index in [1.165, 1.54) is 0 Å². The zero-order chi connectivity index (χ0) is 14.7. The first-order valence-electron chi connectivity index (χ1n) is 6.16. The number of rotatable bonds is 4. The average Bonchev–Trinajstić information content (AvgIpc) is 2.46. The Morgan fingerprint density at radius 2 is 1.95 bits per heavy atom. The van der Waals surface area contributed by atoms with Gasteiger partial charge in [0, 0.05) is 17.1 Å². The van der Waals surface area contributed by atoms with Gasteiger partial charge in [-0.1, -0.05) is 30.1 Å². The highest BCUT2D eigenvalue weighted by atomic mass is 35.5. The van der Waals surface area contributed by atoms with Crippen LogP contribution >= 0.6 is 23.2 Å². The molecule has 0 aliphatic carbocycles. The summed E-state index contributed by atoms with van der Waals surface area (Å²) in [6.07, 6.45) is 0.848. The molecule has 3 nitrogen and oxygen atoms in total. The minimum absolute atomic E-state index is 0.198. The lowest BCUT2D eigenvalue weighted by Crippen LogP contribution is -2.08. The van der Waals surface area contributed by atoms with E-state index in [4.69, 9.17) is 27.9 Å². The van der Waals surface area contributed by atoms with Crippen molar-refractivity contribution in [2.24, 2.45) is 0 Å². The Morgan fingerprint density at radius 3 is 2.60 bits per heavy atom. The van der Waals surface area contributed by atoms with Gasteiger partial charge >= 0.3 is 0 Å². The monoisotopic (exact) mass is 311 g/mol. The van der Waals surface area contributed by atoms with Crippen molar-refractivity contribution in [2.75, 3.05) is 7.11 Å². The van der Waals surface area contributed by atoms with Crippen LogP contribution in [0.1, 0.15) is 30.1 Å². The van der Waals surface area contributed by atoms with E-state index >= 15 is 0 Å². The molecule has 2 rings (SSSR count). The highest BCUT2D eigenvalue weighted by molar-refractivity contribution is 6.31. The lowest BCUT2D eigenvalue weighted by Gasteiger charge is -2.21. The fourth-order valence-electron chi connectivity index (χ4n) is 2.06. The van der Waals surface area contributed by atoms with E-state index in [0.717, 1.165) is 5.56 Å². The zero-order valence-electron chi connectivity index (χ0n) is 11.2. The van der Waals surface area contributed by atoms with E-state index in [1.807, 2.05) is 13.0 Å². The maximum Gasteiger partial charge on any atom is 0.129 e. The molecule has 0 aliphatic heterocycles. The van der Waals surface area contributed by atoms with Gasteiger partial charge in [0.2, 0.25) is 0 Å². The second-order valence-corrected chi connectivity index (χ2v) is 5.33. The first-order valence-corrected chi connectivity index (χ1v) is 6.91. The molecule has 2 atom stereocenters. The summed E-state index contributed by atoms with van der Waals surface area (Å²) < 4.78 is 5.19. The maximum atomic E-state index is 10.5. The van der Waals surface area contributed by atoms with Crippen LogP contribution in [0, 0.1) is 0 Å². The molecule has 0 radical (unpaired) electrons. The minimum Gasteiger partial charge on any atom is -0.497 e. The van der Waals surface area contributed by atoms with Gasteiger partial charge in [0.15, 0.2) is 0 Å². The molecule has 2 aromatic rings. The van der Waals surface area contributed by atoms with E-state index in [1.54, 1.807) is 37.6 Å². The average molecular weight is 312 g/mol. The minimum atomic E-state index is -0.722. The Hall–Kier alpha value is -1.29. The number of hydrogen-bond acceptors (Lipinski definition) is 3. The molecule has 0 amide bonds. The van der Waals surface area contributed by atoms with Gasteiger partial charge < -0.3 is 9.84 Å². The van der Waals surface area contributed by atoms with Crippen LogP contribution in [-0.4, -0.2) is 17.2 Å². The van der Waals surface area contributed by atoms with Crippen LogP contribution in [0.5, 0.6) is 5.75 Å². The number of aliphatic hydroxyl groups is 1. The number of methoxy groups -OCH3 is 1. The molecule has 5 heteroatoms. The first kappa shape index (κ1) is 15.1. The molecule has 1 aromatic heterocycles. The normalized spacial score (nSPS) is 13.8. The number of aliphatic hydroxyl groups excluding tert-OH is 1. The second-order valence-electron chi connectivity index (χ2n) is 4.53. The predicted octanol–water partition coefficient (Wildman–Crippen LogP) is 4.23. The third-order valence-electron chi connectivity index (χ3n) is 3.26. The summed E-state index contributed by atoms with van der Waals surface area (Å²) >= 11 is 12.1. The fourth-order valence-corrected chi connectivity index (χ4v) is 2.53. The van der Waals surface area contributed by atoms with Crippen LogP contribution in [0.3, 0.4) is 0 Å². The zero-order valence-corrected chi connectivity index (χ0v) is 12.7. The highest BCUT2D eigenvalue weighted by Gasteiger charge is 2.21. The number of ether oxygens (including phenoxy) is 1. The summed E-state index contributed by atoms with van der Waals surface area (Å²) in [7, 11) is 1.59. The van der Waals surface area contributed by atoms with Crippen molar-refractivity contribution < 1.29 is 9.84 Å². The first-order chi connectivity index (χ1) is 9.52. The summed E-state index contributed by atoms with van der Waals surface area (Å²) in [5, 5.41) is 11.4. The molecule has 0 saturated carbocycles.